The number of nitrogens with zero attached hydrogens (tertiary/aromatic N) is 1. The van der Waals surface area contributed by atoms with Crippen molar-refractivity contribution >= 4 is 23.9 Å². The Morgan fingerprint density at radius 3 is 2.45 bits per heavy atom. The van der Waals surface area contributed by atoms with Crippen LogP contribution in [0.5, 0.6) is 0 Å². The van der Waals surface area contributed by atoms with Crippen LogP contribution in [0.15, 0.2) is 12.2 Å². The van der Waals surface area contributed by atoms with Crippen molar-refractivity contribution in [1.29, 1.82) is 0 Å². The van der Waals surface area contributed by atoms with Crippen LogP contribution < -0.4 is 5.32 Å². The predicted molar refractivity (Wildman–Crippen MR) is 73.5 cm³/mol. The van der Waals surface area contributed by atoms with Gasteiger partial charge < -0.3 is 14.8 Å². The number of carbonyl (C=O) groups is 4. The summed E-state index contributed by atoms with van der Waals surface area (Å²) in [7, 11) is 0. The Labute approximate surface area is 127 Å². The highest BCUT2D eigenvalue weighted by atomic mass is 16.6. The smallest absolute Gasteiger partial charge is 0.378 e. The van der Waals surface area contributed by atoms with Crippen LogP contribution in [0, 0.1) is 5.92 Å². The van der Waals surface area contributed by atoms with E-state index >= 15 is 0 Å². The van der Waals surface area contributed by atoms with Crippen LogP contribution in [0.1, 0.15) is 19.3 Å². The fraction of sp³-hybridized carbons (Fsp3) is 0.571. The fourth-order valence-electron chi connectivity index (χ4n) is 1.99. The molecule has 0 spiro atoms. The number of hydrogen-bond acceptors (Lipinski definition) is 6. The molecule has 120 valence electrons. The Bertz CT molecular complexity index is 480. The first-order valence-electron chi connectivity index (χ1n) is 7.18. The van der Waals surface area contributed by atoms with Gasteiger partial charge >= 0.3 is 12.1 Å². The van der Waals surface area contributed by atoms with Gasteiger partial charge in [-0.15, -0.1) is 0 Å². The van der Waals surface area contributed by atoms with Gasteiger partial charge in [0.05, 0.1) is 25.7 Å². The third-order valence-corrected chi connectivity index (χ3v) is 3.51. The molecule has 8 heteroatoms. The van der Waals surface area contributed by atoms with Gasteiger partial charge in [0, 0.05) is 18.7 Å². The first-order chi connectivity index (χ1) is 10.6. The molecule has 2 aliphatic rings. The van der Waals surface area contributed by atoms with Gasteiger partial charge in [-0.1, -0.05) is 6.42 Å². The van der Waals surface area contributed by atoms with Crippen molar-refractivity contribution in [3.05, 3.63) is 12.2 Å². The maximum atomic E-state index is 11.4. The zero-order valence-electron chi connectivity index (χ0n) is 12.1. The maximum absolute atomic E-state index is 11.4. The zero-order valence-corrected chi connectivity index (χ0v) is 12.1. The number of alkyl carbamates (subject to hydrolysis) is 1. The molecule has 1 heterocycles. The molecule has 8 nitrogen and oxygen atoms in total. The molecule has 0 atom stereocenters. The minimum Gasteiger partial charge on any atom is -0.378 e. The third kappa shape index (κ3) is 4.39. The number of rotatable bonds is 7. The highest BCUT2D eigenvalue weighted by Gasteiger charge is 2.28. The molecule has 2 rings (SSSR count). The second-order valence-electron chi connectivity index (χ2n) is 5.04. The summed E-state index contributed by atoms with van der Waals surface area (Å²) in [6, 6.07) is 0. The first-order valence-corrected chi connectivity index (χ1v) is 7.18. The first kappa shape index (κ1) is 16.2. The fourth-order valence-corrected chi connectivity index (χ4v) is 1.99. The number of ether oxygens (including phenoxy) is 2. The second kappa shape index (κ2) is 7.69. The molecule has 0 saturated heterocycles. The normalized spacial score (nSPS) is 17.5. The maximum Gasteiger partial charge on any atom is 0.414 e. The number of nitrogens with one attached hydrogen (secondary N) is 1. The molecule has 0 aromatic carbocycles. The van der Waals surface area contributed by atoms with E-state index in [1.54, 1.807) is 0 Å². The molecule has 0 radical (unpaired) electrons. The highest BCUT2D eigenvalue weighted by Crippen LogP contribution is 2.27. The van der Waals surface area contributed by atoms with E-state index in [-0.39, 0.29) is 44.0 Å². The Kier molecular flexibility index (Phi) is 5.65. The van der Waals surface area contributed by atoms with Crippen LogP contribution >= 0.6 is 0 Å². The zero-order chi connectivity index (χ0) is 15.9. The number of imide groups is 1. The van der Waals surface area contributed by atoms with E-state index < -0.39 is 12.1 Å². The molecule has 1 N–H and O–H groups in total. The Morgan fingerprint density at radius 1 is 1.18 bits per heavy atom. The van der Waals surface area contributed by atoms with Gasteiger partial charge in [0.2, 0.25) is 0 Å². The lowest BCUT2D eigenvalue weighted by atomic mass is 9.86. The van der Waals surface area contributed by atoms with E-state index in [1.807, 2.05) is 0 Å². The van der Waals surface area contributed by atoms with Crippen molar-refractivity contribution < 1.29 is 28.7 Å². The van der Waals surface area contributed by atoms with E-state index in [0.717, 1.165) is 24.2 Å². The molecular formula is C14H18N2O6. The molecule has 1 aliphatic carbocycles. The summed E-state index contributed by atoms with van der Waals surface area (Å²) in [4.78, 5) is 46.2. The largest absolute Gasteiger partial charge is 0.414 e. The van der Waals surface area contributed by atoms with E-state index in [4.69, 9.17) is 4.74 Å². The van der Waals surface area contributed by atoms with Gasteiger partial charge in [0.15, 0.2) is 0 Å². The number of amides is 3. The lowest BCUT2D eigenvalue weighted by Crippen LogP contribution is -2.35. The van der Waals surface area contributed by atoms with E-state index in [1.165, 1.54) is 12.2 Å². The van der Waals surface area contributed by atoms with Crippen molar-refractivity contribution in [1.82, 2.24) is 10.2 Å². The summed E-state index contributed by atoms with van der Waals surface area (Å²) in [5, 5.41) is 2.40. The van der Waals surface area contributed by atoms with E-state index in [0.29, 0.717) is 0 Å². The average molecular weight is 310 g/mol. The van der Waals surface area contributed by atoms with Gasteiger partial charge in [-0.2, -0.15) is 0 Å². The molecule has 22 heavy (non-hydrogen) atoms. The summed E-state index contributed by atoms with van der Waals surface area (Å²) >= 11 is 0. The molecule has 1 aliphatic heterocycles. The molecule has 0 bridgehead atoms. The summed E-state index contributed by atoms with van der Waals surface area (Å²) in [5.74, 6) is -1.34. The molecule has 3 amide bonds. The quantitative estimate of drug-likeness (QED) is 0.307. The van der Waals surface area contributed by atoms with Gasteiger partial charge in [0.25, 0.3) is 11.8 Å². The van der Waals surface area contributed by atoms with Crippen molar-refractivity contribution in [3.63, 3.8) is 0 Å². The number of hydrogen-bond donors (Lipinski definition) is 1. The van der Waals surface area contributed by atoms with Crippen molar-refractivity contribution in [2.24, 2.45) is 5.92 Å². The van der Waals surface area contributed by atoms with E-state index in [9.17, 15) is 19.2 Å². The lowest BCUT2D eigenvalue weighted by molar-refractivity contribution is -0.144. The molecular weight excluding hydrogens is 292 g/mol. The van der Waals surface area contributed by atoms with Crippen LogP contribution in [-0.2, 0) is 23.9 Å². The second-order valence-corrected chi connectivity index (χ2v) is 5.04. The Balaban J connectivity index is 1.48. The van der Waals surface area contributed by atoms with Gasteiger partial charge in [-0.05, 0) is 12.8 Å². The SMILES string of the molecule is O=C(NCCOCCN1C(=O)C=CC1=O)OC(=O)C1CCC1. The van der Waals surface area contributed by atoms with Crippen LogP contribution in [-0.4, -0.2) is 55.1 Å². The number of esters is 1. The predicted octanol–water partition coefficient (Wildman–Crippen LogP) is -0.0191. The molecule has 0 aromatic rings. The van der Waals surface area contributed by atoms with Gasteiger partial charge in [0.1, 0.15) is 0 Å². The van der Waals surface area contributed by atoms with E-state index in [2.05, 4.69) is 10.1 Å². The van der Waals surface area contributed by atoms with Crippen LogP contribution in [0.3, 0.4) is 0 Å². The summed E-state index contributed by atoms with van der Waals surface area (Å²) in [6.45, 7) is 0.708. The minimum absolute atomic E-state index is 0.147. The lowest BCUT2D eigenvalue weighted by Gasteiger charge is -2.22. The number of carbonyl (C=O) groups excluding carboxylic acids is 4. The highest BCUT2D eigenvalue weighted by molar-refractivity contribution is 6.12. The van der Waals surface area contributed by atoms with Gasteiger partial charge in [-0.25, -0.2) is 4.79 Å². The Hall–Kier alpha value is -2.22. The van der Waals surface area contributed by atoms with Crippen molar-refractivity contribution in [2.45, 2.75) is 19.3 Å². The molecule has 1 fully saturated rings. The van der Waals surface area contributed by atoms with Gasteiger partial charge in [-0.3, -0.25) is 19.3 Å². The Morgan fingerprint density at radius 2 is 1.86 bits per heavy atom. The molecule has 0 aromatic heterocycles. The van der Waals surface area contributed by atoms with Crippen molar-refractivity contribution in [2.75, 3.05) is 26.3 Å². The van der Waals surface area contributed by atoms with Crippen LogP contribution in [0.4, 0.5) is 4.79 Å². The third-order valence-electron chi connectivity index (χ3n) is 3.51. The van der Waals surface area contributed by atoms with Crippen LogP contribution in [0.25, 0.3) is 0 Å². The van der Waals surface area contributed by atoms with Crippen LogP contribution in [0.2, 0.25) is 0 Å². The molecule has 1 saturated carbocycles. The average Bonchev–Trinajstić information content (AvgIpc) is 2.71. The minimum atomic E-state index is -0.783. The summed E-state index contributed by atoms with van der Waals surface area (Å²) in [5.41, 5.74) is 0. The standard InChI is InChI=1S/C14H18N2O6/c17-11-4-5-12(18)16(11)7-9-21-8-6-15-14(20)22-13(19)10-2-1-3-10/h4-5,10H,1-3,6-9H2,(H,15,20). The topological polar surface area (TPSA) is 102 Å². The van der Waals surface area contributed by atoms with Crippen molar-refractivity contribution in [3.8, 4) is 0 Å². The summed E-state index contributed by atoms with van der Waals surface area (Å²) < 4.78 is 9.82. The monoisotopic (exact) mass is 310 g/mol. The molecule has 0 unspecified atom stereocenters. The summed E-state index contributed by atoms with van der Waals surface area (Å²) in [6.07, 6.45) is 4.18.